The molecule has 0 atom stereocenters. The van der Waals surface area contributed by atoms with Crippen LogP contribution in [-0.2, 0) is 5.75 Å². The van der Waals surface area contributed by atoms with Crippen molar-refractivity contribution in [1.29, 1.82) is 0 Å². The van der Waals surface area contributed by atoms with Gasteiger partial charge in [-0.05, 0) is 36.4 Å². The second-order valence-corrected chi connectivity index (χ2v) is 6.60. The van der Waals surface area contributed by atoms with E-state index in [1.165, 1.54) is 17.8 Å². The minimum atomic E-state index is -0.318. The van der Waals surface area contributed by atoms with Crippen LogP contribution in [0.5, 0.6) is 0 Å². The molecular weight excluding hydrogens is 361 g/mol. The number of hydrogen-bond acceptors (Lipinski definition) is 5. The fourth-order valence-electron chi connectivity index (χ4n) is 2.34. The summed E-state index contributed by atoms with van der Waals surface area (Å²) >= 11 is 7.47. The molecule has 0 amide bonds. The van der Waals surface area contributed by atoms with Crippen LogP contribution in [0.15, 0.2) is 59.9 Å². The second kappa shape index (κ2) is 6.78. The number of hydrogen-bond donors (Lipinski definition) is 0. The third kappa shape index (κ3) is 3.20. The van der Waals surface area contributed by atoms with Crippen LogP contribution in [0.3, 0.4) is 0 Å². The quantitative estimate of drug-likeness (QED) is 0.501. The summed E-state index contributed by atoms with van der Waals surface area (Å²) in [6, 6.07) is 12.0. The van der Waals surface area contributed by atoms with Crippen molar-refractivity contribution in [3.05, 3.63) is 71.3 Å². The molecule has 0 bridgehead atoms. The van der Waals surface area contributed by atoms with E-state index >= 15 is 0 Å². The summed E-state index contributed by atoms with van der Waals surface area (Å²) < 4.78 is 15.5. The highest BCUT2D eigenvalue weighted by Crippen LogP contribution is 2.28. The van der Waals surface area contributed by atoms with E-state index in [1.807, 2.05) is 24.3 Å². The lowest BCUT2D eigenvalue weighted by Gasteiger charge is -2.06. The minimum Gasteiger partial charge on any atom is -0.264 e. The summed E-state index contributed by atoms with van der Waals surface area (Å²) in [6.45, 7) is 0. The molecule has 0 aliphatic carbocycles. The average molecular weight is 372 g/mol. The zero-order valence-electron chi connectivity index (χ0n) is 12.8. The predicted octanol–water partition coefficient (Wildman–Crippen LogP) is 4.27. The largest absolute Gasteiger partial charge is 0.264 e. The Bertz CT molecular complexity index is 1020. The number of pyridine rings is 1. The van der Waals surface area contributed by atoms with Gasteiger partial charge in [0.1, 0.15) is 10.8 Å². The van der Waals surface area contributed by atoms with Gasteiger partial charge in [-0.15, -0.1) is 10.2 Å². The lowest BCUT2D eigenvalue weighted by Crippen LogP contribution is -1.97. The molecule has 0 N–H and O–H groups in total. The molecule has 0 unspecified atom stereocenters. The molecule has 0 saturated carbocycles. The van der Waals surface area contributed by atoms with E-state index in [1.54, 1.807) is 29.0 Å². The molecule has 3 aromatic heterocycles. The van der Waals surface area contributed by atoms with Gasteiger partial charge in [-0.3, -0.25) is 4.98 Å². The van der Waals surface area contributed by atoms with Gasteiger partial charge >= 0.3 is 0 Å². The van der Waals surface area contributed by atoms with Crippen molar-refractivity contribution in [2.24, 2.45) is 0 Å². The zero-order valence-corrected chi connectivity index (χ0v) is 14.4. The smallest absolute Gasteiger partial charge is 0.186 e. The van der Waals surface area contributed by atoms with E-state index in [9.17, 15) is 4.39 Å². The first-order chi connectivity index (χ1) is 12.2. The maximum Gasteiger partial charge on any atom is 0.186 e. The Morgan fingerprint density at radius 1 is 1.08 bits per heavy atom. The Morgan fingerprint density at radius 2 is 2.00 bits per heavy atom. The normalized spacial score (nSPS) is 11.1. The molecule has 124 valence electrons. The maximum atomic E-state index is 13.9. The molecule has 4 aromatic rings. The molecule has 4 rings (SSSR count). The highest BCUT2D eigenvalue weighted by molar-refractivity contribution is 7.98. The van der Waals surface area contributed by atoms with E-state index in [0.29, 0.717) is 27.8 Å². The van der Waals surface area contributed by atoms with Gasteiger partial charge in [0, 0.05) is 34.3 Å². The second-order valence-electron chi connectivity index (χ2n) is 5.20. The molecule has 1 aromatic carbocycles. The van der Waals surface area contributed by atoms with Crippen LogP contribution in [0.25, 0.3) is 17.0 Å². The van der Waals surface area contributed by atoms with Crippen LogP contribution in [0.2, 0.25) is 5.02 Å². The molecule has 0 aliphatic rings. The molecule has 5 nitrogen and oxygen atoms in total. The first-order valence-corrected chi connectivity index (χ1v) is 8.77. The highest BCUT2D eigenvalue weighted by Gasteiger charge is 2.12. The Balaban J connectivity index is 1.65. The average Bonchev–Trinajstić information content (AvgIpc) is 3.05. The fraction of sp³-hybridized carbons (Fsp3) is 0.0588. The van der Waals surface area contributed by atoms with Crippen molar-refractivity contribution in [3.8, 4) is 11.4 Å². The lowest BCUT2D eigenvalue weighted by molar-refractivity contribution is 0.617. The van der Waals surface area contributed by atoms with Crippen molar-refractivity contribution >= 4 is 29.0 Å². The van der Waals surface area contributed by atoms with Gasteiger partial charge in [0.2, 0.25) is 0 Å². The SMILES string of the molecule is Fc1cccc(Cl)c1CSc1ccc2nnc(-c3cccnc3)n2n1. The topological polar surface area (TPSA) is 56.0 Å². The number of halogens is 2. The molecule has 0 fully saturated rings. The third-order valence-electron chi connectivity index (χ3n) is 3.58. The Morgan fingerprint density at radius 3 is 2.80 bits per heavy atom. The summed E-state index contributed by atoms with van der Waals surface area (Å²) in [4.78, 5) is 4.09. The number of aromatic nitrogens is 5. The Hall–Kier alpha value is -2.51. The first-order valence-electron chi connectivity index (χ1n) is 7.41. The van der Waals surface area contributed by atoms with Crippen molar-refractivity contribution in [3.63, 3.8) is 0 Å². The summed E-state index contributed by atoms with van der Waals surface area (Å²) in [5.74, 6) is 0.671. The van der Waals surface area contributed by atoms with E-state index < -0.39 is 0 Å². The van der Waals surface area contributed by atoms with Crippen LogP contribution in [-0.4, -0.2) is 24.8 Å². The Kier molecular flexibility index (Phi) is 4.33. The monoisotopic (exact) mass is 371 g/mol. The van der Waals surface area contributed by atoms with Crippen molar-refractivity contribution in [2.45, 2.75) is 10.8 Å². The fourth-order valence-corrected chi connectivity index (χ4v) is 3.54. The number of fused-ring (bicyclic) bond motifs is 1. The number of nitrogens with zero attached hydrogens (tertiary/aromatic N) is 5. The van der Waals surface area contributed by atoms with Crippen molar-refractivity contribution in [2.75, 3.05) is 0 Å². The van der Waals surface area contributed by atoms with Gasteiger partial charge in [0.25, 0.3) is 0 Å². The molecule has 3 heterocycles. The van der Waals surface area contributed by atoms with Gasteiger partial charge in [0.15, 0.2) is 11.5 Å². The lowest BCUT2D eigenvalue weighted by atomic mass is 10.2. The molecule has 0 radical (unpaired) electrons. The van der Waals surface area contributed by atoms with Crippen LogP contribution in [0.1, 0.15) is 5.56 Å². The summed E-state index contributed by atoms with van der Waals surface area (Å²) in [5.41, 5.74) is 1.92. The molecule has 0 aliphatic heterocycles. The van der Waals surface area contributed by atoms with Crippen molar-refractivity contribution < 1.29 is 4.39 Å². The minimum absolute atomic E-state index is 0.318. The maximum absolute atomic E-state index is 13.9. The highest BCUT2D eigenvalue weighted by atomic mass is 35.5. The molecule has 0 saturated heterocycles. The zero-order chi connectivity index (χ0) is 17.2. The molecular formula is C17H11ClFN5S. The molecule has 0 spiro atoms. The van der Waals surface area contributed by atoms with E-state index in [-0.39, 0.29) is 5.82 Å². The number of thioether (sulfide) groups is 1. The summed E-state index contributed by atoms with van der Waals surface area (Å²) in [7, 11) is 0. The van der Waals surface area contributed by atoms with Crippen LogP contribution in [0.4, 0.5) is 4.39 Å². The summed E-state index contributed by atoms with van der Waals surface area (Å²) in [5, 5.41) is 14.0. The third-order valence-corrected chi connectivity index (χ3v) is 4.88. The van der Waals surface area contributed by atoms with Gasteiger partial charge in [-0.2, -0.15) is 9.61 Å². The summed E-state index contributed by atoms with van der Waals surface area (Å²) in [6.07, 6.45) is 3.40. The van der Waals surface area contributed by atoms with Gasteiger partial charge < -0.3 is 0 Å². The molecule has 8 heteroatoms. The van der Waals surface area contributed by atoms with Crippen LogP contribution >= 0.6 is 23.4 Å². The molecule has 25 heavy (non-hydrogen) atoms. The van der Waals surface area contributed by atoms with E-state index in [0.717, 1.165) is 10.6 Å². The van der Waals surface area contributed by atoms with Crippen LogP contribution < -0.4 is 0 Å². The van der Waals surface area contributed by atoms with Gasteiger partial charge in [0.05, 0.1) is 0 Å². The van der Waals surface area contributed by atoms with Crippen molar-refractivity contribution in [1.82, 2.24) is 24.8 Å². The predicted molar refractivity (Wildman–Crippen MR) is 95.0 cm³/mol. The van der Waals surface area contributed by atoms with E-state index in [4.69, 9.17) is 11.6 Å². The standard InChI is InChI=1S/C17H11ClFN5S/c18-13-4-1-5-14(19)12(13)10-25-16-7-6-15-21-22-17(24(15)23-16)11-3-2-8-20-9-11/h1-9H,10H2. The van der Waals surface area contributed by atoms with Crippen LogP contribution in [0, 0.1) is 5.82 Å². The number of rotatable bonds is 4. The first kappa shape index (κ1) is 16.0. The van der Waals surface area contributed by atoms with E-state index in [2.05, 4.69) is 20.3 Å². The Labute approximate surface area is 151 Å². The van der Waals surface area contributed by atoms with Gasteiger partial charge in [-0.1, -0.05) is 29.4 Å². The number of benzene rings is 1. The van der Waals surface area contributed by atoms with Gasteiger partial charge in [-0.25, -0.2) is 4.39 Å².